The molecule has 0 saturated carbocycles. The highest BCUT2D eigenvalue weighted by Gasteiger charge is 2.16. The number of nitrogens with one attached hydrogen (secondary N) is 1. The Hall–Kier alpha value is -2.14. The number of aliphatic hydroxyl groups is 1. The molecule has 0 aliphatic rings. The summed E-state index contributed by atoms with van der Waals surface area (Å²) in [4.78, 5) is 12.0. The normalized spacial score (nSPS) is 12.1. The van der Waals surface area contributed by atoms with Crippen LogP contribution in [-0.2, 0) is 0 Å². The average molecular weight is 274 g/mol. The fourth-order valence-electron chi connectivity index (χ4n) is 1.91. The molecule has 1 atom stereocenters. The number of carbonyl (C=O) groups is 1. The van der Waals surface area contributed by atoms with Crippen molar-refractivity contribution in [3.63, 3.8) is 0 Å². The second kappa shape index (κ2) is 6.86. The molecule has 106 valence electrons. The number of amides is 1. The summed E-state index contributed by atoms with van der Waals surface area (Å²) >= 11 is 0. The summed E-state index contributed by atoms with van der Waals surface area (Å²) in [5, 5.41) is 15.5. The van der Waals surface area contributed by atoms with Crippen molar-refractivity contribution < 1.29 is 14.4 Å². The number of hydrogen-bond donors (Lipinski definition) is 2. The number of nitrogens with zero attached hydrogens (tertiary/aromatic N) is 1. The van der Waals surface area contributed by atoms with Crippen molar-refractivity contribution in [3.8, 4) is 11.3 Å². The second-order valence-electron chi connectivity index (χ2n) is 4.53. The van der Waals surface area contributed by atoms with Crippen molar-refractivity contribution in [1.29, 1.82) is 0 Å². The molecule has 1 aromatic heterocycles. The standard InChI is InChI=1S/C15H18N2O3/c1-2-12(8-9-18)16-15(19)13-10-14(20-17-13)11-6-4-3-5-7-11/h3-7,10,12,18H,2,8-9H2,1H3,(H,16,19). The fourth-order valence-corrected chi connectivity index (χ4v) is 1.91. The maximum absolute atomic E-state index is 12.0. The third kappa shape index (κ3) is 3.45. The van der Waals surface area contributed by atoms with Gasteiger partial charge in [-0.05, 0) is 12.8 Å². The van der Waals surface area contributed by atoms with Gasteiger partial charge in [0.2, 0.25) is 0 Å². The van der Waals surface area contributed by atoms with Crippen molar-refractivity contribution >= 4 is 5.91 Å². The zero-order chi connectivity index (χ0) is 14.4. The van der Waals surface area contributed by atoms with Crippen LogP contribution in [0.2, 0.25) is 0 Å². The second-order valence-corrected chi connectivity index (χ2v) is 4.53. The first-order valence-electron chi connectivity index (χ1n) is 6.68. The minimum absolute atomic E-state index is 0.0485. The van der Waals surface area contributed by atoms with E-state index in [1.165, 1.54) is 0 Å². The van der Waals surface area contributed by atoms with Gasteiger partial charge in [0.1, 0.15) is 0 Å². The van der Waals surface area contributed by atoms with E-state index >= 15 is 0 Å². The van der Waals surface area contributed by atoms with Gasteiger partial charge in [0.15, 0.2) is 11.5 Å². The lowest BCUT2D eigenvalue weighted by atomic mass is 10.1. The molecule has 0 fully saturated rings. The predicted molar refractivity (Wildman–Crippen MR) is 75.2 cm³/mol. The molecule has 2 N–H and O–H groups in total. The van der Waals surface area contributed by atoms with Gasteiger partial charge in [-0.2, -0.15) is 0 Å². The van der Waals surface area contributed by atoms with E-state index in [0.29, 0.717) is 12.2 Å². The smallest absolute Gasteiger partial charge is 0.273 e. The summed E-state index contributed by atoms with van der Waals surface area (Å²) in [5.41, 5.74) is 1.13. The van der Waals surface area contributed by atoms with Crippen LogP contribution in [0.1, 0.15) is 30.3 Å². The van der Waals surface area contributed by atoms with E-state index in [-0.39, 0.29) is 24.2 Å². The molecular formula is C15H18N2O3. The highest BCUT2D eigenvalue weighted by Crippen LogP contribution is 2.19. The lowest BCUT2D eigenvalue weighted by molar-refractivity contribution is 0.0920. The van der Waals surface area contributed by atoms with Gasteiger partial charge in [-0.25, -0.2) is 0 Å². The number of hydrogen-bond acceptors (Lipinski definition) is 4. The summed E-state index contributed by atoms with van der Waals surface area (Å²) in [6, 6.07) is 11.1. The predicted octanol–water partition coefficient (Wildman–Crippen LogP) is 2.23. The summed E-state index contributed by atoms with van der Waals surface area (Å²) < 4.78 is 5.19. The Kier molecular flexibility index (Phi) is 4.90. The van der Waals surface area contributed by atoms with E-state index in [0.717, 1.165) is 12.0 Å². The lowest BCUT2D eigenvalue weighted by Crippen LogP contribution is -2.35. The molecule has 2 aromatic rings. The van der Waals surface area contributed by atoms with Crippen molar-refractivity contribution in [2.75, 3.05) is 6.61 Å². The number of aliphatic hydroxyl groups excluding tert-OH is 1. The van der Waals surface area contributed by atoms with Crippen molar-refractivity contribution in [1.82, 2.24) is 10.5 Å². The van der Waals surface area contributed by atoms with Gasteiger partial charge in [-0.3, -0.25) is 4.79 Å². The first-order chi connectivity index (χ1) is 9.74. The molecule has 0 spiro atoms. The zero-order valence-corrected chi connectivity index (χ0v) is 11.4. The number of rotatable bonds is 6. The minimum atomic E-state index is -0.281. The molecule has 0 saturated heterocycles. The Bertz CT molecular complexity index is 551. The Morgan fingerprint density at radius 2 is 2.15 bits per heavy atom. The number of aromatic nitrogens is 1. The summed E-state index contributed by atoms with van der Waals surface area (Å²) in [6.07, 6.45) is 1.29. The number of carbonyl (C=O) groups excluding carboxylic acids is 1. The fraction of sp³-hybridized carbons (Fsp3) is 0.333. The van der Waals surface area contributed by atoms with E-state index in [9.17, 15) is 4.79 Å². The van der Waals surface area contributed by atoms with Crippen LogP contribution in [0.15, 0.2) is 40.9 Å². The largest absolute Gasteiger partial charge is 0.396 e. The van der Waals surface area contributed by atoms with Crippen LogP contribution in [0, 0.1) is 0 Å². The summed E-state index contributed by atoms with van der Waals surface area (Å²) in [6.45, 7) is 2.01. The summed E-state index contributed by atoms with van der Waals surface area (Å²) in [7, 11) is 0. The third-order valence-electron chi connectivity index (χ3n) is 3.11. The van der Waals surface area contributed by atoms with Crippen LogP contribution in [0.25, 0.3) is 11.3 Å². The summed E-state index contributed by atoms with van der Waals surface area (Å²) in [5.74, 6) is 0.280. The van der Waals surface area contributed by atoms with E-state index in [1.54, 1.807) is 6.07 Å². The van der Waals surface area contributed by atoms with Gasteiger partial charge in [-0.1, -0.05) is 42.4 Å². The molecule has 0 radical (unpaired) electrons. The van der Waals surface area contributed by atoms with E-state index in [4.69, 9.17) is 9.63 Å². The van der Waals surface area contributed by atoms with Gasteiger partial charge < -0.3 is 14.9 Å². The van der Waals surface area contributed by atoms with Crippen LogP contribution in [0.3, 0.4) is 0 Å². The van der Waals surface area contributed by atoms with Crippen LogP contribution in [-0.4, -0.2) is 28.8 Å². The van der Waals surface area contributed by atoms with Crippen LogP contribution in [0.5, 0.6) is 0 Å². The molecule has 0 aliphatic heterocycles. The molecule has 5 heteroatoms. The Morgan fingerprint density at radius 1 is 1.40 bits per heavy atom. The molecule has 1 heterocycles. The molecule has 20 heavy (non-hydrogen) atoms. The minimum Gasteiger partial charge on any atom is -0.396 e. The van der Waals surface area contributed by atoms with Gasteiger partial charge in [0, 0.05) is 24.3 Å². The molecule has 1 aromatic carbocycles. The monoisotopic (exact) mass is 274 g/mol. The molecule has 1 amide bonds. The van der Waals surface area contributed by atoms with E-state index in [2.05, 4.69) is 10.5 Å². The Labute approximate surface area is 117 Å². The van der Waals surface area contributed by atoms with Gasteiger partial charge in [0.05, 0.1) is 0 Å². The van der Waals surface area contributed by atoms with E-state index < -0.39 is 0 Å². The van der Waals surface area contributed by atoms with Crippen LogP contribution >= 0.6 is 0 Å². The van der Waals surface area contributed by atoms with Crippen molar-refractivity contribution in [2.45, 2.75) is 25.8 Å². The Balaban J connectivity index is 2.07. The molecule has 1 unspecified atom stereocenters. The molecular weight excluding hydrogens is 256 g/mol. The van der Waals surface area contributed by atoms with Crippen LogP contribution in [0.4, 0.5) is 0 Å². The maximum Gasteiger partial charge on any atom is 0.273 e. The Morgan fingerprint density at radius 3 is 2.80 bits per heavy atom. The van der Waals surface area contributed by atoms with Crippen molar-refractivity contribution in [2.24, 2.45) is 0 Å². The van der Waals surface area contributed by atoms with Gasteiger partial charge in [0.25, 0.3) is 5.91 Å². The zero-order valence-electron chi connectivity index (χ0n) is 11.4. The first kappa shape index (κ1) is 14.3. The lowest BCUT2D eigenvalue weighted by Gasteiger charge is -2.14. The maximum atomic E-state index is 12.0. The molecule has 0 aliphatic carbocycles. The number of benzene rings is 1. The SMILES string of the molecule is CCC(CCO)NC(=O)c1cc(-c2ccccc2)on1. The van der Waals surface area contributed by atoms with Crippen molar-refractivity contribution in [3.05, 3.63) is 42.1 Å². The van der Waals surface area contributed by atoms with Gasteiger partial charge >= 0.3 is 0 Å². The highest BCUT2D eigenvalue weighted by atomic mass is 16.5. The quantitative estimate of drug-likeness (QED) is 0.847. The third-order valence-corrected chi connectivity index (χ3v) is 3.11. The molecule has 5 nitrogen and oxygen atoms in total. The first-order valence-corrected chi connectivity index (χ1v) is 6.68. The van der Waals surface area contributed by atoms with Gasteiger partial charge in [-0.15, -0.1) is 0 Å². The van der Waals surface area contributed by atoms with E-state index in [1.807, 2.05) is 37.3 Å². The molecule has 2 rings (SSSR count). The topological polar surface area (TPSA) is 75.4 Å². The molecule has 0 bridgehead atoms. The highest BCUT2D eigenvalue weighted by molar-refractivity contribution is 5.93. The average Bonchev–Trinajstić information content (AvgIpc) is 2.97. The van der Waals surface area contributed by atoms with Crippen LogP contribution < -0.4 is 5.32 Å².